The lowest BCUT2D eigenvalue weighted by molar-refractivity contribution is -0.135. The fraction of sp³-hybridized carbons (Fsp3) is 0.733. The molecule has 3 heteroatoms. The van der Waals surface area contributed by atoms with Gasteiger partial charge in [0.1, 0.15) is 5.78 Å². The Morgan fingerprint density at radius 2 is 2.11 bits per heavy atom. The molecule has 0 aliphatic heterocycles. The van der Waals surface area contributed by atoms with E-state index in [-0.39, 0.29) is 11.3 Å². The van der Waals surface area contributed by atoms with E-state index in [0.717, 1.165) is 12.8 Å². The van der Waals surface area contributed by atoms with Gasteiger partial charge in [-0.3, -0.25) is 4.79 Å². The molecule has 5 atom stereocenters. The molecule has 3 aliphatic rings. The van der Waals surface area contributed by atoms with Crippen molar-refractivity contribution in [3.8, 4) is 0 Å². The van der Waals surface area contributed by atoms with E-state index in [2.05, 4.69) is 13.8 Å². The molecular weight excluding hydrogens is 228 g/mol. The summed E-state index contributed by atoms with van der Waals surface area (Å²) in [5.74, 6) is 0.102. The number of carbonyl (C=O) groups excluding carboxylic acids is 1. The number of hydrogen-bond acceptors (Lipinski definition) is 2. The van der Waals surface area contributed by atoms with E-state index in [0.29, 0.717) is 29.6 Å². The number of carbonyl (C=O) groups is 2. The maximum absolute atomic E-state index is 12.6. The molecule has 0 saturated heterocycles. The van der Waals surface area contributed by atoms with Crippen molar-refractivity contribution in [2.75, 3.05) is 0 Å². The zero-order valence-corrected chi connectivity index (χ0v) is 11.2. The minimum atomic E-state index is -0.849. The summed E-state index contributed by atoms with van der Waals surface area (Å²) in [6.07, 6.45) is 4.55. The van der Waals surface area contributed by atoms with Gasteiger partial charge in [-0.25, -0.2) is 4.79 Å². The molecule has 3 aliphatic carbocycles. The molecular formula is C15H20O3. The average Bonchev–Trinajstić information content (AvgIpc) is 2.79. The molecule has 0 heterocycles. The first kappa shape index (κ1) is 11.9. The van der Waals surface area contributed by atoms with E-state index in [1.807, 2.05) is 13.0 Å². The molecule has 98 valence electrons. The van der Waals surface area contributed by atoms with Crippen molar-refractivity contribution in [3.63, 3.8) is 0 Å². The molecule has 0 amide bonds. The summed E-state index contributed by atoms with van der Waals surface area (Å²) in [7, 11) is 0. The van der Waals surface area contributed by atoms with Crippen molar-refractivity contribution >= 4 is 11.8 Å². The summed E-state index contributed by atoms with van der Waals surface area (Å²) >= 11 is 0. The van der Waals surface area contributed by atoms with Gasteiger partial charge in [0.15, 0.2) is 0 Å². The molecule has 0 radical (unpaired) electrons. The molecule has 0 aromatic heterocycles. The zero-order valence-electron chi connectivity index (χ0n) is 11.2. The summed E-state index contributed by atoms with van der Waals surface area (Å²) < 4.78 is 0. The Hall–Kier alpha value is -1.12. The highest BCUT2D eigenvalue weighted by molar-refractivity contribution is 5.96. The minimum absolute atomic E-state index is 0.134. The average molecular weight is 248 g/mol. The Bertz CT molecular complexity index is 478. The predicted molar refractivity (Wildman–Crippen MR) is 66.9 cm³/mol. The second-order valence-electron chi connectivity index (χ2n) is 6.66. The van der Waals surface area contributed by atoms with Gasteiger partial charge in [-0.05, 0) is 30.1 Å². The van der Waals surface area contributed by atoms with Crippen molar-refractivity contribution in [2.24, 2.45) is 28.6 Å². The van der Waals surface area contributed by atoms with Crippen LogP contribution in [0.25, 0.3) is 0 Å². The van der Waals surface area contributed by atoms with Crippen molar-refractivity contribution in [2.45, 2.75) is 40.0 Å². The van der Waals surface area contributed by atoms with Gasteiger partial charge in [-0.15, -0.1) is 0 Å². The highest BCUT2D eigenvalue weighted by Gasteiger charge is 2.71. The molecule has 1 unspecified atom stereocenters. The summed E-state index contributed by atoms with van der Waals surface area (Å²) in [5.41, 5.74) is -0.183. The number of hydrogen-bond donors (Lipinski definition) is 1. The molecule has 0 aromatic rings. The van der Waals surface area contributed by atoms with Gasteiger partial charge in [0, 0.05) is 23.3 Å². The van der Waals surface area contributed by atoms with E-state index < -0.39 is 11.4 Å². The first-order valence-electron chi connectivity index (χ1n) is 6.84. The third kappa shape index (κ3) is 1.03. The Labute approximate surface area is 107 Å². The van der Waals surface area contributed by atoms with Crippen LogP contribution >= 0.6 is 0 Å². The van der Waals surface area contributed by atoms with Gasteiger partial charge in [-0.1, -0.05) is 26.8 Å². The van der Waals surface area contributed by atoms with E-state index in [1.165, 1.54) is 0 Å². The lowest BCUT2D eigenvalue weighted by atomic mass is 9.60. The summed E-state index contributed by atoms with van der Waals surface area (Å²) in [4.78, 5) is 24.0. The molecule has 3 rings (SSSR count). The van der Waals surface area contributed by atoms with Gasteiger partial charge < -0.3 is 5.11 Å². The van der Waals surface area contributed by atoms with E-state index >= 15 is 0 Å². The second kappa shape index (κ2) is 3.25. The fourth-order valence-corrected chi connectivity index (χ4v) is 5.38. The molecule has 2 fully saturated rings. The topological polar surface area (TPSA) is 54.4 Å². The van der Waals surface area contributed by atoms with Crippen LogP contribution in [0.2, 0.25) is 0 Å². The van der Waals surface area contributed by atoms with Crippen molar-refractivity contribution < 1.29 is 14.7 Å². The van der Waals surface area contributed by atoms with E-state index in [9.17, 15) is 14.7 Å². The lowest BCUT2D eigenvalue weighted by Crippen LogP contribution is -2.43. The van der Waals surface area contributed by atoms with Crippen LogP contribution in [-0.2, 0) is 9.59 Å². The van der Waals surface area contributed by atoms with E-state index in [1.54, 1.807) is 0 Å². The van der Waals surface area contributed by atoms with Crippen LogP contribution in [0.1, 0.15) is 40.0 Å². The third-order valence-electron chi connectivity index (χ3n) is 6.03. The van der Waals surface area contributed by atoms with Crippen LogP contribution in [-0.4, -0.2) is 16.9 Å². The predicted octanol–water partition coefficient (Wildman–Crippen LogP) is 2.66. The minimum Gasteiger partial charge on any atom is -0.478 e. The fourth-order valence-electron chi connectivity index (χ4n) is 5.38. The number of rotatable bonds is 1. The quantitative estimate of drug-likeness (QED) is 0.776. The SMILES string of the molecule is C[C@@H]1CC(=O)[C@]23C1CC[C@@]2(C)C=C(C(=O)O)[C@H]3C. The highest BCUT2D eigenvalue weighted by atomic mass is 16.4. The molecule has 18 heavy (non-hydrogen) atoms. The number of aliphatic carboxylic acids is 1. The van der Waals surface area contributed by atoms with Crippen LogP contribution in [0, 0.1) is 28.6 Å². The van der Waals surface area contributed by atoms with Crippen LogP contribution in [0.5, 0.6) is 0 Å². The maximum Gasteiger partial charge on any atom is 0.331 e. The Morgan fingerprint density at radius 3 is 2.72 bits per heavy atom. The molecule has 1 N–H and O–H groups in total. The normalized spacial score (nSPS) is 50.1. The Kier molecular flexibility index (Phi) is 2.16. The molecule has 2 saturated carbocycles. The van der Waals surface area contributed by atoms with Crippen LogP contribution in [0.4, 0.5) is 0 Å². The van der Waals surface area contributed by atoms with Crippen LogP contribution in [0.15, 0.2) is 11.6 Å². The van der Waals surface area contributed by atoms with Gasteiger partial charge in [-0.2, -0.15) is 0 Å². The van der Waals surface area contributed by atoms with Crippen molar-refractivity contribution in [3.05, 3.63) is 11.6 Å². The number of ketones is 1. The van der Waals surface area contributed by atoms with E-state index in [4.69, 9.17) is 0 Å². The van der Waals surface area contributed by atoms with Crippen molar-refractivity contribution in [1.29, 1.82) is 0 Å². The molecule has 1 spiro atoms. The van der Waals surface area contributed by atoms with Gasteiger partial charge in [0.25, 0.3) is 0 Å². The smallest absolute Gasteiger partial charge is 0.331 e. The summed E-state index contributed by atoms with van der Waals surface area (Å²) in [6, 6.07) is 0. The molecule has 0 bridgehead atoms. The number of carboxylic acids is 1. The van der Waals surface area contributed by atoms with Crippen molar-refractivity contribution in [1.82, 2.24) is 0 Å². The lowest BCUT2D eigenvalue weighted by Gasteiger charge is -2.40. The summed E-state index contributed by atoms with van der Waals surface area (Å²) in [6.45, 7) is 6.18. The zero-order chi connectivity index (χ0) is 13.3. The highest BCUT2D eigenvalue weighted by Crippen LogP contribution is 2.71. The number of carboxylic acid groups (broad SMARTS) is 1. The Morgan fingerprint density at radius 1 is 1.44 bits per heavy atom. The monoisotopic (exact) mass is 248 g/mol. The largest absolute Gasteiger partial charge is 0.478 e. The third-order valence-corrected chi connectivity index (χ3v) is 6.03. The first-order chi connectivity index (χ1) is 8.34. The Balaban J connectivity index is 2.18. The van der Waals surface area contributed by atoms with Crippen LogP contribution < -0.4 is 0 Å². The second-order valence-corrected chi connectivity index (χ2v) is 6.66. The van der Waals surface area contributed by atoms with Gasteiger partial charge in [0.2, 0.25) is 0 Å². The number of allylic oxidation sites excluding steroid dienone is 1. The standard InChI is InChI=1S/C15H20O3/c1-8-6-12(16)15-9(2)10(13(17)18)7-14(15,3)5-4-11(8)15/h7-9,11H,4-6H2,1-3H3,(H,17,18)/t8-,9-,11?,14+,15+/m1/s1. The van der Waals surface area contributed by atoms with Gasteiger partial charge in [0.05, 0.1) is 0 Å². The van der Waals surface area contributed by atoms with Gasteiger partial charge >= 0.3 is 5.97 Å². The maximum atomic E-state index is 12.6. The molecule has 3 nitrogen and oxygen atoms in total. The first-order valence-corrected chi connectivity index (χ1v) is 6.84. The van der Waals surface area contributed by atoms with Crippen LogP contribution in [0.3, 0.4) is 0 Å². The number of Topliss-reactive ketones (excluding diaryl/α,β-unsaturated/α-hetero) is 1. The molecule has 0 aromatic carbocycles. The summed E-state index contributed by atoms with van der Waals surface area (Å²) in [5, 5.41) is 9.34.